The van der Waals surface area contributed by atoms with E-state index in [4.69, 9.17) is 0 Å². The summed E-state index contributed by atoms with van der Waals surface area (Å²) in [6.45, 7) is 3.50. The molecule has 1 aromatic rings. The van der Waals surface area contributed by atoms with Gasteiger partial charge in [0.15, 0.2) is 0 Å². The van der Waals surface area contributed by atoms with Crippen molar-refractivity contribution in [3.05, 3.63) is 32.4 Å². The Hall–Kier alpha value is -0.260. The Bertz CT molecular complexity index is 305. The maximum atomic E-state index is 12.3. The molecule has 0 nitrogen and oxygen atoms in total. The third kappa shape index (κ3) is 2.36. The van der Waals surface area contributed by atoms with Crippen LogP contribution in [-0.4, -0.2) is 0 Å². The number of hydrogen-bond donors (Lipinski definition) is 0. The largest absolute Gasteiger partial charge is 0.416 e. The molecule has 0 aliphatic heterocycles. The molecule has 1 rings (SSSR count). The Morgan fingerprint density at radius 2 is 1.69 bits per heavy atom. The lowest BCUT2D eigenvalue weighted by atomic mass is 10.1. The zero-order valence-corrected chi connectivity index (χ0v) is 9.32. The van der Waals surface area contributed by atoms with E-state index in [1.54, 1.807) is 6.92 Å². The summed E-state index contributed by atoms with van der Waals surface area (Å²) in [5, 5.41) is 0. The van der Waals surface area contributed by atoms with Crippen molar-refractivity contribution in [1.82, 2.24) is 0 Å². The molecule has 0 aromatic heterocycles. The molecular formula is C9H8F3I. The minimum Gasteiger partial charge on any atom is -0.166 e. The Kier molecular flexibility index (Phi) is 2.89. The monoisotopic (exact) mass is 300 g/mol. The maximum absolute atomic E-state index is 12.3. The van der Waals surface area contributed by atoms with E-state index >= 15 is 0 Å². The normalized spacial score (nSPS) is 11.8. The van der Waals surface area contributed by atoms with E-state index in [1.807, 2.05) is 29.5 Å². The first kappa shape index (κ1) is 10.8. The summed E-state index contributed by atoms with van der Waals surface area (Å²) < 4.78 is 37.5. The standard InChI is InChI=1S/C9H8F3I/c1-5-3-7(9(10,11)12)4-8(13)6(5)2/h3-4H,1-2H3. The van der Waals surface area contributed by atoms with Crippen LogP contribution >= 0.6 is 22.6 Å². The highest BCUT2D eigenvalue weighted by Gasteiger charge is 2.31. The van der Waals surface area contributed by atoms with Crippen LogP contribution in [0.4, 0.5) is 13.2 Å². The zero-order chi connectivity index (χ0) is 10.2. The minimum atomic E-state index is -4.24. The summed E-state index contributed by atoms with van der Waals surface area (Å²) in [6.07, 6.45) is -4.24. The molecule has 0 N–H and O–H groups in total. The van der Waals surface area contributed by atoms with Gasteiger partial charge < -0.3 is 0 Å². The average Bonchev–Trinajstić information content (AvgIpc) is 1.97. The number of hydrogen-bond acceptors (Lipinski definition) is 0. The van der Waals surface area contributed by atoms with Crippen molar-refractivity contribution in [2.24, 2.45) is 0 Å². The lowest BCUT2D eigenvalue weighted by molar-refractivity contribution is -0.137. The fourth-order valence-corrected chi connectivity index (χ4v) is 1.74. The van der Waals surface area contributed by atoms with Gasteiger partial charge in [-0.3, -0.25) is 0 Å². The molecule has 0 spiro atoms. The molecule has 0 saturated carbocycles. The molecule has 1 aromatic carbocycles. The smallest absolute Gasteiger partial charge is 0.166 e. The van der Waals surface area contributed by atoms with E-state index in [0.717, 1.165) is 5.56 Å². The summed E-state index contributed by atoms with van der Waals surface area (Å²) in [5.74, 6) is 0. The Labute approximate surface area is 88.3 Å². The first-order chi connectivity index (χ1) is 5.82. The fourth-order valence-electron chi connectivity index (χ4n) is 0.980. The first-order valence-electron chi connectivity index (χ1n) is 3.66. The highest BCUT2D eigenvalue weighted by molar-refractivity contribution is 14.1. The highest BCUT2D eigenvalue weighted by atomic mass is 127. The van der Waals surface area contributed by atoms with E-state index in [2.05, 4.69) is 0 Å². The highest BCUT2D eigenvalue weighted by Crippen LogP contribution is 2.32. The summed E-state index contributed by atoms with van der Waals surface area (Å²) >= 11 is 1.92. The van der Waals surface area contributed by atoms with Gasteiger partial charge in [-0.2, -0.15) is 13.2 Å². The molecule has 0 heterocycles. The molecule has 72 valence electrons. The molecule has 0 amide bonds. The third-order valence-electron chi connectivity index (χ3n) is 1.93. The SMILES string of the molecule is Cc1cc(C(F)(F)F)cc(I)c1C. The van der Waals surface area contributed by atoms with Gasteiger partial charge in [-0.1, -0.05) is 0 Å². The number of aryl methyl sites for hydroxylation is 1. The van der Waals surface area contributed by atoms with Crippen LogP contribution in [0.2, 0.25) is 0 Å². The van der Waals surface area contributed by atoms with Crippen LogP contribution in [0.5, 0.6) is 0 Å². The van der Waals surface area contributed by atoms with Crippen molar-refractivity contribution in [3.8, 4) is 0 Å². The average molecular weight is 300 g/mol. The molecule has 0 atom stereocenters. The van der Waals surface area contributed by atoms with Crippen LogP contribution in [-0.2, 0) is 6.18 Å². The molecule has 0 radical (unpaired) electrons. The number of rotatable bonds is 0. The van der Waals surface area contributed by atoms with E-state index in [-0.39, 0.29) is 0 Å². The van der Waals surface area contributed by atoms with Gasteiger partial charge in [-0.05, 0) is 59.7 Å². The topological polar surface area (TPSA) is 0 Å². The Balaban J connectivity index is 3.29. The summed E-state index contributed by atoms with van der Waals surface area (Å²) in [4.78, 5) is 0. The Morgan fingerprint density at radius 3 is 2.08 bits per heavy atom. The summed E-state index contributed by atoms with van der Waals surface area (Å²) in [7, 11) is 0. The van der Waals surface area contributed by atoms with Crippen LogP contribution in [0.15, 0.2) is 12.1 Å². The van der Waals surface area contributed by atoms with Crippen LogP contribution in [0.1, 0.15) is 16.7 Å². The minimum absolute atomic E-state index is 0.569. The number of benzene rings is 1. The Morgan fingerprint density at radius 1 is 1.15 bits per heavy atom. The lowest BCUT2D eigenvalue weighted by Gasteiger charge is -2.10. The van der Waals surface area contributed by atoms with Crippen molar-refractivity contribution in [3.63, 3.8) is 0 Å². The maximum Gasteiger partial charge on any atom is 0.416 e. The predicted molar refractivity (Wildman–Crippen MR) is 53.6 cm³/mol. The van der Waals surface area contributed by atoms with Crippen LogP contribution in [0, 0.1) is 17.4 Å². The predicted octanol–water partition coefficient (Wildman–Crippen LogP) is 3.93. The fraction of sp³-hybridized carbons (Fsp3) is 0.333. The van der Waals surface area contributed by atoms with Crippen molar-refractivity contribution < 1.29 is 13.2 Å². The van der Waals surface area contributed by atoms with Gasteiger partial charge in [-0.15, -0.1) is 0 Å². The van der Waals surface area contributed by atoms with Gasteiger partial charge in [-0.25, -0.2) is 0 Å². The molecular weight excluding hydrogens is 292 g/mol. The van der Waals surface area contributed by atoms with Crippen molar-refractivity contribution >= 4 is 22.6 Å². The molecule has 0 aliphatic carbocycles. The van der Waals surface area contributed by atoms with Gasteiger partial charge in [0.1, 0.15) is 0 Å². The van der Waals surface area contributed by atoms with Gasteiger partial charge in [0.05, 0.1) is 5.56 Å². The van der Waals surface area contributed by atoms with Gasteiger partial charge in [0.2, 0.25) is 0 Å². The summed E-state index contributed by atoms with van der Waals surface area (Å²) in [5.41, 5.74) is 1.02. The molecule has 0 unspecified atom stereocenters. The van der Waals surface area contributed by atoms with E-state index in [0.29, 0.717) is 9.13 Å². The van der Waals surface area contributed by atoms with Crippen LogP contribution < -0.4 is 0 Å². The second-order valence-corrected chi connectivity index (χ2v) is 4.06. The van der Waals surface area contributed by atoms with Crippen molar-refractivity contribution in [1.29, 1.82) is 0 Å². The molecule has 0 bridgehead atoms. The van der Waals surface area contributed by atoms with E-state index in [9.17, 15) is 13.2 Å². The van der Waals surface area contributed by atoms with E-state index < -0.39 is 11.7 Å². The second kappa shape index (κ2) is 3.48. The quantitative estimate of drug-likeness (QED) is 0.637. The van der Waals surface area contributed by atoms with Crippen LogP contribution in [0.25, 0.3) is 0 Å². The summed E-state index contributed by atoms with van der Waals surface area (Å²) in [6, 6.07) is 2.35. The zero-order valence-electron chi connectivity index (χ0n) is 7.17. The molecule has 4 heteroatoms. The van der Waals surface area contributed by atoms with Gasteiger partial charge >= 0.3 is 6.18 Å². The molecule has 0 saturated heterocycles. The van der Waals surface area contributed by atoms with Crippen LogP contribution in [0.3, 0.4) is 0 Å². The van der Waals surface area contributed by atoms with E-state index in [1.165, 1.54) is 12.1 Å². The number of halogens is 4. The second-order valence-electron chi connectivity index (χ2n) is 2.90. The third-order valence-corrected chi connectivity index (χ3v) is 3.05. The molecule has 13 heavy (non-hydrogen) atoms. The van der Waals surface area contributed by atoms with Gasteiger partial charge in [0.25, 0.3) is 0 Å². The van der Waals surface area contributed by atoms with Crippen molar-refractivity contribution in [2.45, 2.75) is 20.0 Å². The van der Waals surface area contributed by atoms with Gasteiger partial charge in [0, 0.05) is 3.57 Å². The molecule has 0 fully saturated rings. The van der Waals surface area contributed by atoms with Crippen molar-refractivity contribution in [2.75, 3.05) is 0 Å². The number of alkyl halides is 3. The first-order valence-corrected chi connectivity index (χ1v) is 4.74. The molecule has 0 aliphatic rings. The lowest BCUT2D eigenvalue weighted by Crippen LogP contribution is -2.06.